The average molecular weight is 271 g/mol. The Hall–Kier alpha value is -0.520. The topological polar surface area (TPSA) is 23.8 Å². The molecule has 0 aliphatic heterocycles. The molecule has 1 aromatic carbocycles. The largest absolute Gasteiger partial charge is 0.197 e. The summed E-state index contributed by atoms with van der Waals surface area (Å²) in [6, 6.07) is 8.10. The molecule has 1 fully saturated rings. The van der Waals surface area contributed by atoms with Crippen molar-refractivity contribution in [2.45, 2.75) is 24.7 Å². The van der Waals surface area contributed by atoms with Crippen LogP contribution in [0.3, 0.4) is 0 Å². The van der Waals surface area contributed by atoms with Crippen molar-refractivity contribution in [3.8, 4) is 6.07 Å². The van der Waals surface area contributed by atoms with Gasteiger partial charge in [0, 0.05) is 9.50 Å². The Bertz CT molecular complexity index is 404. The maximum atomic E-state index is 9.18. The van der Waals surface area contributed by atoms with E-state index in [-0.39, 0.29) is 5.41 Å². The van der Waals surface area contributed by atoms with E-state index in [4.69, 9.17) is 11.6 Å². The Morgan fingerprint density at radius 1 is 1.43 bits per heavy atom. The van der Waals surface area contributed by atoms with Gasteiger partial charge in [0.15, 0.2) is 0 Å². The van der Waals surface area contributed by atoms with Crippen LogP contribution < -0.4 is 0 Å². The predicted molar refractivity (Wildman–Crippen MR) is 60.3 cm³/mol. The summed E-state index contributed by atoms with van der Waals surface area (Å²) in [6.07, 6.45) is 2.98. The Kier molecular flexibility index (Phi) is 2.55. The number of rotatable bonds is 1. The van der Waals surface area contributed by atoms with E-state index in [2.05, 4.69) is 22.0 Å². The highest BCUT2D eigenvalue weighted by atomic mass is 79.9. The zero-order valence-electron chi connectivity index (χ0n) is 7.56. The third kappa shape index (κ3) is 1.45. The van der Waals surface area contributed by atoms with Crippen LogP contribution in [0.25, 0.3) is 0 Å². The van der Waals surface area contributed by atoms with Crippen LogP contribution in [0, 0.1) is 11.3 Å². The molecule has 1 saturated carbocycles. The van der Waals surface area contributed by atoms with Gasteiger partial charge < -0.3 is 0 Å². The van der Waals surface area contributed by atoms with E-state index >= 15 is 0 Å². The lowest BCUT2D eigenvalue weighted by Gasteiger charge is -2.36. The third-order valence-corrected chi connectivity index (χ3v) is 3.69. The van der Waals surface area contributed by atoms with Gasteiger partial charge in [0.2, 0.25) is 0 Å². The van der Waals surface area contributed by atoms with E-state index < -0.39 is 0 Å². The quantitative estimate of drug-likeness (QED) is 0.755. The van der Waals surface area contributed by atoms with Crippen molar-refractivity contribution in [3.05, 3.63) is 33.3 Å². The lowest BCUT2D eigenvalue weighted by molar-refractivity contribution is 0.324. The summed E-state index contributed by atoms with van der Waals surface area (Å²) in [4.78, 5) is 0. The van der Waals surface area contributed by atoms with E-state index in [0.29, 0.717) is 5.02 Å². The standard InChI is InChI=1S/C11H9BrClN/c12-8-2-3-10(13)9(6-8)11(7-14)4-1-5-11/h2-3,6H,1,4-5H2. The smallest absolute Gasteiger partial charge is 0.0837 e. The summed E-state index contributed by atoms with van der Waals surface area (Å²) in [5.41, 5.74) is 0.656. The minimum Gasteiger partial charge on any atom is -0.197 e. The number of benzene rings is 1. The summed E-state index contributed by atoms with van der Waals surface area (Å²) in [5, 5.41) is 9.88. The van der Waals surface area contributed by atoms with Crippen LogP contribution in [0.1, 0.15) is 24.8 Å². The van der Waals surface area contributed by atoms with Gasteiger partial charge in [0.1, 0.15) is 0 Å². The molecule has 0 saturated heterocycles. The zero-order valence-corrected chi connectivity index (χ0v) is 9.90. The SMILES string of the molecule is N#CC1(c2cc(Br)ccc2Cl)CCC1. The number of halogens is 2. The van der Waals surface area contributed by atoms with Crippen molar-refractivity contribution >= 4 is 27.5 Å². The zero-order chi connectivity index (χ0) is 10.2. The highest BCUT2D eigenvalue weighted by Crippen LogP contribution is 2.46. The van der Waals surface area contributed by atoms with Gasteiger partial charge in [-0.3, -0.25) is 0 Å². The number of hydrogen-bond donors (Lipinski definition) is 0. The van der Waals surface area contributed by atoms with Crippen LogP contribution >= 0.6 is 27.5 Å². The summed E-state index contributed by atoms with van der Waals surface area (Å²) < 4.78 is 0.985. The van der Waals surface area contributed by atoms with Gasteiger partial charge in [0.05, 0.1) is 11.5 Å². The van der Waals surface area contributed by atoms with Crippen molar-refractivity contribution in [1.82, 2.24) is 0 Å². The van der Waals surface area contributed by atoms with Gasteiger partial charge in [-0.2, -0.15) is 5.26 Å². The number of nitriles is 1. The van der Waals surface area contributed by atoms with Crippen LogP contribution in [0.5, 0.6) is 0 Å². The van der Waals surface area contributed by atoms with Crippen molar-refractivity contribution in [2.75, 3.05) is 0 Å². The van der Waals surface area contributed by atoms with Crippen molar-refractivity contribution in [1.29, 1.82) is 5.26 Å². The third-order valence-electron chi connectivity index (χ3n) is 2.87. The monoisotopic (exact) mass is 269 g/mol. The summed E-state index contributed by atoms with van der Waals surface area (Å²) in [6.45, 7) is 0. The molecule has 0 amide bonds. The molecule has 0 heterocycles. The molecule has 0 bridgehead atoms. The lowest BCUT2D eigenvalue weighted by atomic mass is 9.65. The molecular weight excluding hydrogens is 261 g/mol. The fourth-order valence-electron chi connectivity index (χ4n) is 1.84. The molecule has 1 aliphatic carbocycles. The number of nitrogens with zero attached hydrogens (tertiary/aromatic N) is 1. The minimum absolute atomic E-state index is 0.319. The second-order valence-corrected chi connectivity index (χ2v) is 4.99. The van der Waals surface area contributed by atoms with Gasteiger partial charge in [-0.05, 0) is 43.0 Å². The molecule has 0 N–H and O–H groups in total. The fraction of sp³-hybridized carbons (Fsp3) is 0.364. The molecule has 2 rings (SSSR count). The van der Waals surface area contributed by atoms with E-state index in [9.17, 15) is 5.26 Å². The first kappa shape index (κ1) is 10.0. The van der Waals surface area contributed by atoms with Crippen molar-refractivity contribution in [3.63, 3.8) is 0 Å². The summed E-state index contributed by atoms with van der Waals surface area (Å²) in [5.74, 6) is 0. The fourth-order valence-corrected chi connectivity index (χ4v) is 2.50. The van der Waals surface area contributed by atoms with Gasteiger partial charge in [-0.1, -0.05) is 27.5 Å². The maximum Gasteiger partial charge on any atom is 0.0837 e. The van der Waals surface area contributed by atoms with Crippen molar-refractivity contribution < 1.29 is 0 Å². The first-order chi connectivity index (χ1) is 6.68. The second kappa shape index (κ2) is 3.56. The Morgan fingerprint density at radius 3 is 2.64 bits per heavy atom. The predicted octanol–water partition coefficient (Wildman–Crippen LogP) is 4.05. The molecule has 14 heavy (non-hydrogen) atoms. The molecule has 3 heteroatoms. The van der Waals surface area contributed by atoms with Gasteiger partial charge in [-0.15, -0.1) is 0 Å². The minimum atomic E-state index is -0.319. The molecule has 0 aromatic heterocycles. The molecule has 0 radical (unpaired) electrons. The highest BCUT2D eigenvalue weighted by Gasteiger charge is 2.40. The highest BCUT2D eigenvalue weighted by molar-refractivity contribution is 9.10. The van der Waals surface area contributed by atoms with E-state index in [1.807, 2.05) is 18.2 Å². The van der Waals surface area contributed by atoms with Crippen LogP contribution in [-0.4, -0.2) is 0 Å². The average Bonchev–Trinajstić information content (AvgIpc) is 2.10. The lowest BCUT2D eigenvalue weighted by Crippen LogP contribution is -2.32. The second-order valence-electron chi connectivity index (χ2n) is 3.67. The van der Waals surface area contributed by atoms with E-state index in [0.717, 1.165) is 29.3 Å². The van der Waals surface area contributed by atoms with Crippen LogP contribution in [0.2, 0.25) is 5.02 Å². The van der Waals surface area contributed by atoms with Gasteiger partial charge >= 0.3 is 0 Å². The van der Waals surface area contributed by atoms with E-state index in [1.54, 1.807) is 0 Å². The Labute approximate surface area is 96.8 Å². The summed E-state index contributed by atoms with van der Waals surface area (Å²) in [7, 11) is 0. The molecular formula is C11H9BrClN. The van der Waals surface area contributed by atoms with Gasteiger partial charge in [-0.25, -0.2) is 0 Å². The molecule has 0 atom stereocenters. The normalized spacial score (nSPS) is 18.4. The molecule has 72 valence electrons. The summed E-state index contributed by atoms with van der Waals surface area (Å²) >= 11 is 9.50. The molecule has 0 spiro atoms. The maximum absolute atomic E-state index is 9.18. The molecule has 0 unspecified atom stereocenters. The first-order valence-corrected chi connectivity index (χ1v) is 5.72. The van der Waals surface area contributed by atoms with E-state index in [1.165, 1.54) is 0 Å². The first-order valence-electron chi connectivity index (χ1n) is 4.55. The molecule has 1 aliphatic rings. The van der Waals surface area contributed by atoms with Crippen LogP contribution in [0.4, 0.5) is 0 Å². The molecule has 1 nitrogen and oxygen atoms in total. The van der Waals surface area contributed by atoms with Crippen molar-refractivity contribution in [2.24, 2.45) is 0 Å². The van der Waals surface area contributed by atoms with Crippen LogP contribution in [-0.2, 0) is 5.41 Å². The number of hydrogen-bond acceptors (Lipinski definition) is 1. The van der Waals surface area contributed by atoms with Gasteiger partial charge in [0.25, 0.3) is 0 Å². The van der Waals surface area contributed by atoms with Crippen LogP contribution in [0.15, 0.2) is 22.7 Å². The Balaban J connectivity index is 2.50. The Morgan fingerprint density at radius 2 is 2.14 bits per heavy atom. The molecule has 1 aromatic rings.